The summed E-state index contributed by atoms with van der Waals surface area (Å²) in [5.74, 6) is -1.97. The van der Waals surface area contributed by atoms with Gasteiger partial charge in [0.2, 0.25) is 0 Å². The molecule has 0 fully saturated rings. The van der Waals surface area contributed by atoms with Gasteiger partial charge >= 0.3 is 11.9 Å². The van der Waals surface area contributed by atoms with Crippen LogP contribution in [0.15, 0.2) is 24.3 Å². The molecule has 0 aliphatic heterocycles. The van der Waals surface area contributed by atoms with Crippen molar-refractivity contribution in [3.05, 3.63) is 24.3 Å². The first-order valence-corrected chi connectivity index (χ1v) is 5.68. The summed E-state index contributed by atoms with van der Waals surface area (Å²) in [7, 11) is 0. The van der Waals surface area contributed by atoms with Gasteiger partial charge in [-0.15, -0.1) is 0 Å². The Balaban J connectivity index is 4.55. The Labute approximate surface area is 102 Å². The average molecular weight is 240 g/mol. The SMILES string of the molecule is C=C(C)/C=C/CC(C(=O)OCC)C(=O)OCC. The minimum absolute atomic E-state index is 0.249. The molecule has 0 spiro atoms. The lowest BCUT2D eigenvalue weighted by atomic mass is 10.1. The van der Waals surface area contributed by atoms with Crippen LogP contribution in [0.2, 0.25) is 0 Å². The quantitative estimate of drug-likeness (QED) is 0.389. The summed E-state index contributed by atoms with van der Waals surface area (Å²) in [6, 6.07) is 0. The smallest absolute Gasteiger partial charge is 0.320 e. The second-order valence-corrected chi connectivity index (χ2v) is 3.54. The molecule has 0 saturated heterocycles. The Bertz CT molecular complexity index is 287. The highest BCUT2D eigenvalue weighted by Crippen LogP contribution is 2.10. The molecule has 0 aromatic rings. The van der Waals surface area contributed by atoms with E-state index in [0.717, 1.165) is 5.57 Å². The van der Waals surface area contributed by atoms with Crippen LogP contribution in [-0.4, -0.2) is 25.2 Å². The average Bonchev–Trinajstić information content (AvgIpc) is 2.24. The molecule has 0 aliphatic carbocycles. The molecule has 0 amide bonds. The second kappa shape index (κ2) is 8.56. The molecule has 0 aromatic heterocycles. The van der Waals surface area contributed by atoms with Gasteiger partial charge in [-0.25, -0.2) is 0 Å². The van der Waals surface area contributed by atoms with E-state index in [0.29, 0.717) is 0 Å². The molecule has 0 aromatic carbocycles. The molecular weight excluding hydrogens is 220 g/mol. The summed E-state index contributed by atoms with van der Waals surface area (Å²) >= 11 is 0. The number of carbonyl (C=O) groups is 2. The van der Waals surface area contributed by atoms with Gasteiger partial charge < -0.3 is 9.47 Å². The number of carbonyl (C=O) groups excluding carboxylic acids is 2. The molecule has 0 rings (SSSR count). The maximum atomic E-state index is 11.6. The van der Waals surface area contributed by atoms with E-state index in [1.54, 1.807) is 26.0 Å². The normalized spacial score (nSPS) is 10.6. The van der Waals surface area contributed by atoms with Gasteiger partial charge in [0.1, 0.15) is 0 Å². The van der Waals surface area contributed by atoms with E-state index in [1.807, 2.05) is 6.92 Å². The number of rotatable bonds is 7. The van der Waals surface area contributed by atoms with Gasteiger partial charge in [0.05, 0.1) is 13.2 Å². The van der Waals surface area contributed by atoms with Gasteiger partial charge in [-0.1, -0.05) is 24.3 Å². The van der Waals surface area contributed by atoms with E-state index in [2.05, 4.69) is 6.58 Å². The van der Waals surface area contributed by atoms with Gasteiger partial charge in [-0.3, -0.25) is 9.59 Å². The van der Waals surface area contributed by atoms with Crippen LogP contribution in [0.3, 0.4) is 0 Å². The van der Waals surface area contributed by atoms with Crippen molar-refractivity contribution in [2.75, 3.05) is 13.2 Å². The first-order valence-electron chi connectivity index (χ1n) is 5.68. The lowest BCUT2D eigenvalue weighted by molar-refractivity contribution is -0.161. The van der Waals surface area contributed by atoms with Crippen LogP contribution in [0, 0.1) is 5.92 Å². The summed E-state index contributed by atoms with van der Waals surface area (Å²) in [6.07, 6.45) is 3.75. The Hall–Kier alpha value is -1.58. The number of ether oxygens (including phenoxy) is 2. The van der Waals surface area contributed by atoms with E-state index in [4.69, 9.17) is 9.47 Å². The zero-order chi connectivity index (χ0) is 13.3. The minimum Gasteiger partial charge on any atom is -0.465 e. The van der Waals surface area contributed by atoms with Crippen LogP contribution >= 0.6 is 0 Å². The number of esters is 2. The lowest BCUT2D eigenvalue weighted by Gasteiger charge is -2.12. The molecule has 0 atom stereocenters. The molecule has 17 heavy (non-hydrogen) atoms. The molecule has 0 heterocycles. The minimum atomic E-state index is -0.884. The van der Waals surface area contributed by atoms with Gasteiger partial charge in [-0.05, 0) is 27.2 Å². The molecule has 0 bridgehead atoms. The molecule has 0 N–H and O–H groups in total. The first-order chi connectivity index (χ1) is 8.02. The van der Waals surface area contributed by atoms with Crippen LogP contribution in [0.25, 0.3) is 0 Å². The van der Waals surface area contributed by atoms with E-state index in [1.165, 1.54) is 0 Å². The van der Waals surface area contributed by atoms with E-state index in [9.17, 15) is 9.59 Å². The Kier molecular flexibility index (Phi) is 7.76. The molecular formula is C13H20O4. The van der Waals surface area contributed by atoms with Crippen LogP contribution in [0.1, 0.15) is 27.2 Å². The van der Waals surface area contributed by atoms with Crippen LogP contribution in [0.4, 0.5) is 0 Å². The maximum Gasteiger partial charge on any atom is 0.320 e. The molecule has 0 radical (unpaired) electrons. The summed E-state index contributed by atoms with van der Waals surface area (Å²) in [5, 5.41) is 0. The fourth-order valence-electron chi connectivity index (χ4n) is 1.18. The Morgan fingerprint density at radius 3 is 2.00 bits per heavy atom. The zero-order valence-corrected chi connectivity index (χ0v) is 10.7. The highest BCUT2D eigenvalue weighted by molar-refractivity contribution is 5.95. The fourth-order valence-corrected chi connectivity index (χ4v) is 1.18. The molecule has 0 unspecified atom stereocenters. The predicted molar refractivity (Wildman–Crippen MR) is 65.3 cm³/mol. The van der Waals surface area contributed by atoms with Crippen molar-refractivity contribution >= 4 is 11.9 Å². The molecule has 4 nitrogen and oxygen atoms in total. The molecule has 0 aliphatic rings. The molecule has 0 saturated carbocycles. The third-order valence-electron chi connectivity index (χ3n) is 1.92. The van der Waals surface area contributed by atoms with Crippen molar-refractivity contribution in [1.29, 1.82) is 0 Å². The highest BCUT2D eigenvalue weighted by Gasteiger charge is 2.27. The number of hydrogen-bond acceptors (Lipinski definition) is 4. The zero-order valence-electron chi connectivity index (χ0n) is 10.7. The summed E-state index contributed by atoms with van der Waals surface area (Å²) in [4.78, 5) is 23.1. The van der Waals surface area contributed by atoms with Gasteiger partial charge in [-0.2, -0.15) is 0 Å². The van der Waals surface area contributed by atoms with E-state index >= 15 is 0 Å². The standard InChI is InChI=1S/C13H20O4/c1-5-16-12(14)11(13(15)17-6-2)9-7-8-10(3)4/h7-8,11H,3,5-6,9H2,1-2,4H3/b8-7+. The van der Waals surface area contributed by atoms with Gasteiger partial charge in [0.15, 0.2) is 5.92 Å². The largest absolute Gasteiger partial charge is 0.465 e. The number of allylic oxidation sites excluding steroid dienone is 3. The van der Waals surface area contributed by atoms with Crippen molar-refractivity contribution in [1.82, 2.24) is 0 Å². The number of hydrogen-bond donors (Lipinski definition) is 0. The van der Waals surface area contributed by atoms with Crippen molar-refractivity contribution in [3.63, 3.8) is 0 Å². The third-order valence-corrected chi connectivity index (χ3v) is 1.92. The third kappa shape index (κ3) is 6.56. The first kappa shape index (κ1) is 15.4. The summed E-state index contributed by atoms with van der Waals surface area (Å²) in [6.45, 7) is 9.42. The maximum absolute atomic E-state index is 11.6. The summed E-state index contributed by atoms with van der Waals surface area (Å²) < 4.78 is 9.67. The van der Waals surface area contributed by atoms with Crippen molar-refractivity contribution in [2.45, 2.75) is 27.2 Å². The van der Waals surface area contributed by atoms with E-state index in [-0.39, 0.29) is 19.6 Å². The van der Waals surface area contributed by atoms with Crippen LogP contribution < -0.4 is 0 Å². The highest BCUT2D eigenvalue weighted by atomic mass is 16.6. The predicted octanol–water partition coefficient (Wildman–Crippen LogP) is 2.25. The van der Waals surface area contributed by atoms with Crippen LogP contribution in [0.5, 0.6) is 0 Å². The molecule has 4 heteroatoms. The Morgan fingerprint density at radius 1 is 1.18 bits per heavy atom. The van der Waals surface area contributed by atoms with Gasteiger partial charge in [0.25, 0.3) is 0 Å². The van der Waals surface area contributed by atoms with Crippen LogP contribution in [-0.2, 0) is 19.1 Å². The topological polar surface area (TPSA) is 52.6 Å². The monoisotopic (exact) mass is 240 g/mol. The summed E-state index contributed by atoms with van der Waals surface area (Å²) in [5.41, 5.74) is 0.858. The Morgan fingerprint density at radius 2 is 1.65 bits per heavy atom. The van der Waals surface area contributed by atoms with Crippen molar-refractivity contribution in [3.8, 4) is 0 Å². The lowest BCUT2D eigenvalue weighted by Crippen LogP contribution is -2.27. The van der Waals surface area contributed by atoms with Crippen molar-refractivity contribution in [2.24, 2.45) is 5.92 Å². The van der Waals surface area contributed by atoms with Crippen molar-refractivity contribution < 1.29 is 19.1 Å². The molecule has 96 valence electrons. The second-order valence-electron chi connectivity index (χ2n) is 3.54. The fraction of sp³-hybridized carbons (Fsp3) is 0.538. The van der Waals surface area contributed by atoms with E-state index < -0.39 is 17.9 Å². The van der Waals surface area contributed by atoms with Gasteiger partial charge in [0, 0.05) is 0 Å².